The molecule has 17 heavy (non-hydrogen) atoms. The molecule has 4 heteroatoms. The Labute approximate surface area is 103 Å². The minimum atomic E-state index is 0.308. The van der Waals surface area contributed by atoms with Gasteiger partial charge in [0.25, 0.3) is 0 Å². The fraction of sp³-hybridized carbons (Fsp3) is 0.769. The summed E-state index contributed by atoms with van der Waals surface area (Å²) in [5.74, 6) is 0.440. The number of aliphatic hydroxyl groups excluding tert-OH is 1. The summed E-state index contributed by atoms with van der Waals surface area (Å²) >= 11 is 0. The molecular formula is C13H23N3O. The fourth-order valence-corrected chi connectivity index (χ4v) is 2.52. The van der Waals surface area contributed by atoms with Gasteiger partial charge in [-0.2, -0.15) is 5.10 Å². The summed E-state index contributed by atoms with van der Waals surface area (Å²) in [6.07, 6.45) is 7.59. The summed E-state index contributed by atoms with van der Waals surface area (Å²) in [6.45, 7) is 5.42. The molecule has 0 amide bonds. The zero-order chi connectivity index (χ0) is 12.3. The van der Waals surface area contributed by atoms with Crippen molar-refractivity contribution in [2.75, 3.05) is 6.61 Å². The Morgan fingerprint density at radius 1 is 1.53 bits per heavy atom. The first-order chi connectivity index (χ1) is 8.20. The van der Waals surface area contributed by atoms with Crippen molar-refractivity contribution >= 4 is 0 Å². The molecule has 2 atom stereocenters. The second-order valence-electron chi connectivity index (χ2n) is 5.28. The normalized spacial score (nSPS) is 24.7. The molecule has 0 bridgehead atoms. The third kappa shape index (κ3) is 3.07. The van der Waals surface area contributed by atoms with E-state index in [9.17, 15) is 5.11 Å². The van der Waals surface area contributed by atoms with Gasteiger partial charge in [-0.05, 0) is 32.6 Å². The van der Waals surface area contributed by atoms with Crippen molar-refractivity contribution in [1.82, 2.24) is 15.1 Å². The zero-order valence-electron chi connectivity index (χ0n) is 10.8. The number of aliphatic hydroxyl groups is 1. The van der Waals surface area contributed by atoms with Crippen LogP contribution in [0.25, 0.3) is 0 Å². The second kappa shape index (κ2) is 5.65. The molecule has 0 saturated heterocycles. The molecule has 0 aromatic carbocycles. The van der Waals surface area contributed by atoms with Crippen LogP contribution in [0.2, 0.25) is 0 Å². The molecule has 1 aromatic heterocycles. The number of aromatic nitrogens is 2. The van der Waals surface area contributed by atoms with E-state index in [1.54, 1.807) is 0 Å². The second-order valence-corrected chi connectivity index (χ2v) is 5.28. The van der Waals surface area contributed by atoms with Crippen LogP contribution >= 0.6 is 0 Å². The molecule has 1 aliphatic carbocycles. The zero-order valence-corrected chi connectivity index (χ0v) is 10.8. The van der Waals surface area contributed by atoms with Crippen molar-refractivity contribution in [3.8, 4) is 0 Å². The first-order valence-corrected chi connectivity index (χ1v) is 6.58. The van der Waals surface area contributed by atoms with E-state index in [4.69, 9.17) is 0 Å². The standard InChI is InChI=1S/C13H23N3O/c1-10(2)16-8-11(7-15-16)6-14-13-5-3-4-12(13)9-17/h7-8,10,12-14,17H,3-6,9H2,1-2H3. The smallest absolute Gasteiger partial charge is 0.0534 e. The predicted octanol–water partition coefficient (Wildman–Crippen LogP) is 1.71. The van der Waals surface area contributed by atoms with Gasteiger partial charge in [0.15, 0.2) is 0 Å². The summed E-state index contributed by atoms with van der Waals surface area (Å²) in [7, 11) is 0. The van der Waals surface area contributed by atoms with Crippen LogP contribution in [0.5, 0.6) is 0 Å². The third-order valence-corrected chi connectivity index (χ3v) is 3.65. The van der Waals surface area contributed by atoms with Crippen LogP contribution < -0.4 is 5.32 Å². The van der Waals surface area contributed by atoms with Crippen molar-refractivity contribution < 1.29 is 5.11 Å². The SMILES string of the molecule is CC(C)n1cc(CNC2CCCC2CO)cn1. The molecule has 2 N–H and O–H groups in total. The van der Waals surface area contributed by atoms with E-state index in [1.807, 2.05) is 10.9 Å². The van der Waals surface area contributed by atoms with Crippen molar-refractivity contribution in [3.63, 3.8) is 0 Å². The average Bonchev–Trinajstić information content (AvgIpc) is 2.95. The van der Waals surface area contributed by atoms with E-state index in [2.05, 4.69) is 30.5 Å². The summed E-state index contributed by atoms with van der Waals surface area (Å²) in [4.78, 5) is 0. The van der Waals surface area contributed by atoms with E-state index < -0.39 is 0 Å². The highest BCUT2D eigenvalue weighted by atomic mass is 16.3. The minimum absolute atomic E-state index is 0.308. The Morgan fingerprint density at radius 3 is 3.00 bits per heavy atom. The highest BCUT2D eigenvalue weighted by Gasteiger charge is 2.25. The van der Waals surface area contributed by atoms with E-state index >= 15 is 0 Å². The van der Waals surface area contributed by atoms with Gasteiger partial charge in [-0.25, -0.2) is 0 Å². The molecule has 1 saturated carbocycles. The lowest BCUT2D eigenvalue weighted by molar-refractivity contribution is 0.205. The van der Waals surface area contributed by atoms with Gasteiger partial charge in [0.2, 0.25) is 0 Å². The topological polar surface area (TPSA) is 50.1 Å². The van der Waals surface area contributed by atoms with Gasteiger partial charge >= 0.3 is 0 Å². The maximum atomic E-state index is 9.25. The number of nitrogens with zero attached hydrogens (tertiary/aromatic N) is 2. The van der Waals surface area contributed by atoms with Gasteiger partial charge in [-0.3, -0.25) is 4.68 Å². The van der Waals surface area contributed by atoms with E-state index in [-0.39, 0.29) is 0 Å². The maximum Gasteiger partial charge on any atom is 0.0534 e. The lowest BCUT2D eigenvalue weighted by atomic mass is 10.1. The summed E-state index contributed by atoms with van der Waals surface area (Å²) in [5.41, 5.74) is 1.22. The number of hydrogen-bond donors (Lipinski definition) is 2. The van der Waals surface area contributed by atoms with E-state index in [0.717, 1.165) is 13.0 Å². The quantitative estimate of drug-likeness (QED) is 0.819. The molecule has 1 fully saturated rings. The molecular weight excluding hydrogens is 214 g/mol. The molecule has 0 radical (unpaired) electrons. The first-order valence-electron chi connectivity index (χ1n) is 6.58. The van der Waals surface area contributed by atoms with Gasteiger partial charge < -0.3 is 10.4 Å². The summed E-state index contributed by atoms with van der Waals surface area (Å²) < 4.78 is 1.98. The molecule has 1 aliphatic rings. The molecule has 1 aromatic rings. The Morgan fingerprint density at radius 2 is 2.35 bits per heavy atom. The van der Waals surface area contributed by atoms with E-state index in [0.29, 0.717) is 24.6 Å². The molecule has 0 aliphatic heterocycles. The summed E-state index contributed by atoms with van der Waals surface area (Å²) in [6, 6.07) is 0.892. The van der Waals surface area contributed by atoms with Crippen molar-refractivity contribution in [3.05, 3.63) is 18.0 Å². The molecule has 96 valence electrons. The number of nitrogens with one attached hydrogen (secondary N) is 1. The highest BCUT2D eigenvalue weighted by Crippen LogP contribution is 2.25. The van der Waals surface area contributed by atoms with Crippen molar-refractivity contribution in [2.24, 2.45) is 5.92 Å². The van der Waals surface area contributed by atoms with Gasteiger partial charge in [0.1, 0.15) is 0 Å². The monoisotopic (exact) mass is 237 g/mol. The molecule has 4 nitrogen and oxygen atoms in total. The van der Waals surface area contributed by atoms with Crippen LogP contribution in [0.4, 0.5) is 0 Å². The van der Waals surface area contributed by atoms with Crippen LogP contribution in [-0.2, 0) is 6.54 Å². The van der Waals surface area contributed by atoms with Crippen molar-refractivity contribution in [1.29, 1.82) is 0 Å². The third-order valence-electron chi connectivity index (χ3n) is 3.65. The lowest BCUT2D eigenvalue weighted by Crippen LogP contribution is -2.33. The van der Waals surface area contributed by atoms with Crippen LogP contribution in [0.3, 0.4) is 0 Å². The summed E-state index contributed by atoms with van der Waals surface area (Å²) in [5, 5.41) is 17.1. The molecule has 0 spiro atoms. The van der Waals surface area contributed by atoms with E-state index in [1.165, 1.54) is 18.4 Å². The van der Waals surface area contributed by atoms with Gasteiger partial charge in [-0.1, -0.05) is 6.42 Å². The molecule has 2 unspecified atom stereocenters. The molecule has 1 heterocycles. The van der Waals surface area contributed by atoms with Crippen LogP contribution in [0, 0.1) is 5.92 Å². The minimum Gasteiger partial charge on any atom is -0.396 e. The Hall–Kier alpha value is -0.870. The van der Waals surface area contributed by atoms with Crippen LogP contribution in [0.15, 0.2) is 12.4 Å². The number of rotatable bonds is 5. The largest absolute Gasteiger partial charge is 0.396 e. The van der Waals surface area contributed by atoms with Gasteiger partial charge in [-0.15, -0.1) is 0 Å². The van der Waals surface area contributed by atoms with Crippen LogP contribution in [0.1, 0.15) is 44.7 Å². The Balaban J connectivity index is 1.84. The van der Waals surface area contributed by atoms with Crippen molar-refractivity contribution in [2.45, 2.75) is 51.7 Å². The Kier molecular flexibility index (Phi) is 4.18. The van der Waals surface area contributed by atoms with Crippen LogP contribution in [-0.4, -0.2) is 27.5 Å². The lowest BCUT2D eigenvalue weighted by Gasteiger charge is -2.18. The van der Waals surface area contributed by atoms with Gasteiger partial charge in [0.05, 0.1) is 6.20 Å². The maximum absolute atomic E-state index is 9.25. The fourth-order valence-electron chi connectivity index (χ4n) is 2.52. The Bertz CT molecular complexity index is 348. The highest BCUT2D eigenvalue weighted by molar-refractivity contribution is 5.04. The van der Waals surface area contributed by atoms with Gasteiger partial charge in [0, 0.05) is 37.0 Å². The first kappa shape index (κ1) is 12.6. The number of hydrogen-bond acceptors (Lipinski definition) is 3. The molecule has 2 rings (SSSR count). The predicted molar refractivity (Wildman–Crippen MR) is 67.7 cm³/mol. The average molecular weight is 237 g/mol.